The summed E-state index contributed by atoms with van der Waals surface area (Å²) in [5.41, 5.74) is 0.581. The first-order valence-corrected chi connectivity index (χ1v) is 7.58. The van der Waals surface area contributed by atoms with Crippen molar-refractivity contribution < 1.29 is 13.7 Å². The Bertz CT molecular complexity index is 882. The van der Waals surface area contributed by atoms with Crippen molar-refractivity contribution in [2.75, 3.05) is 0 Å². The summed E-state index contributed by atoms with van der Waals surface area (Å²) in [5.74, 6) is -0.625. The monoisotopic (exact) mass is 345 g/mol. The quantitative estimate of drug-likeness (QED) is 0.775. The zero-order valence-corrected chi connectivity index (χ0v) is 13.4. The molecular weight excluding hydrogens is 333 g/mol. The van der Waals surface area contributed by atoms with Gasteiger partial charge >= 0.3 is 0 Å². The molecule has 122 valence electrons. The summed E-state index contributed by atoms with van der Waals surface area (Å²) in [4.78, 5) is 16.4. The van der Waals surface area contributed by atoms with Crippen molar-refractivity contribution in [3.8, 4) is 11.4 Å². The van der Waals surface area contributed by atoms with Gasteiger partial charge in [0, 0.05) is 5.56 Å². The third kappa shape index (κ3) is 3.28. The number of carbonyl (C=O) groups is 1. The molecule has 24 heavy (non-hydrogen) atoms. The van der Waals surface area contributed by atoms with Crippen LogP contribution in [0.4, 0.5) is 4.39 Å². The number of amides is 1. The number of nitrogens with zero attached hydrogens (tertiary/aromatic N) is 2. The summed E-state index contributed by atoms with van der Waals surface area (Å²) >= 11 is 6.10. The van der Waals surface area contributed by atoms with Crippen LogP contribution in [0.25, 0.3) is 11.4 Å². The predicted molar refractivity (Wildman–Crippen MR) is 87.0 cm³/mol. The molecular formula is C17H13ClFN3O2. The third-order valence-corrected chi connectivity index (χ3v) is 3.72. The molecule has 0 aliphatic rings. The van der Waals surface area contributed by atoms with E-state index in [1.807, 2.05) is 0 Å². The van der Waals surface area contributed by atoms with Crippen molar-refractivity contribution in [2.24, 2.45) is 0 Å². The highest BCUT2D eigenvalue weighted by atomic mass is 35.5. The molecule has 0 radical (unpaired) electrons. The minimum atomic E-state index is -0.593. The number of hydrogen-bond acceptors (Lipinski definition) is 4. The first-order chi connectivity index (χ1) is 11.6. The molecule has 3 aromatic rings. The van der Waals surface area contributed by atoms with Gasteiger partial charge in [0.25, 0.3) is 5.91 Å². The smallest absolute Gasteiger partial charge is 0.254 e. The number of nitrogens with one attached hydrogen (secondary N) is 1. The zero-order valence-electron chi connectivity index (χ0n) is 12.7. The zero-order chi connectivity index (χ0) is 17.1. The van der Waals surface area contributed by atoms with E-state index in [9.17, 15) is 9.18 Å². The second kappa shape index (κ2) is 6.80. The standard InChI is InChI=1S/C17H13ClFN3O2/c1-10(20-16(23)12-7-3-5-9-14(12)19)17-21-15(22-24-17)11-6-2-4-8-13(11)18/h2-10H,1H3,(H,20,23)/t10-/m1/s1. The van der Waals surface area contributed by atoms with Crippen LogP contribution in [0.3, 0.4) is 0 Å². The summed E-state index contributed by atoms with van der Waals surface area (Å²) in [7, 11) is 0. The van der Waals surface area contributed by atoms with Gasteiger partial charge in [0.2, 0.25) is 11.7 Å². The fourth-order valence-electron chi connectivity index (χ4n) is 2.14. The van der Waals surface area contributed by atoms with Crippen LogP contribution in [-0.2, 0) is 0 Å². The molecule has 0 bridgehead atoms. The van der Waals surface area contributed by atoms with Crippen molar-refractivity contribution in [2.45, 2.75) is 13.0 Å². The van der Waals surface area contributed by atoms with Crippen LogP contribution in [0.5, 0.6) is 0 Å². The van der Waals surface area contributed by atoms with Gasteiger partial charge < -0.3 is 9.84 Å². The Hall–Kier alpha value is -2.73. The molecule has 0 saturated heterocycles. The van der Waals surface area contributed by atoms with Crippen LogP contribution >= 0.6 is 11.6 Å². The maximum absolute atomic E-state index is 13.6. The Kier molecular flexibility index (Phi) is 4.57. The van der Waals surface area contributed by atoms with Gasteiger partial charge in [-0.25, -0.2) is 4.39 Å². The SMILES string of the molecule is C[C@@H](NC(=O)c1ccccc1F)c1nc(-c2ccccc2Cl)no1. The highest BCUT2D eigenvalue weighted by Crippen LogP contribution is 2.26. The highest BCUT2D eigenvalue weighted by molar-refractivity contribution is 6.33. The summed E-state index contributed by atoms with van der Waals surface area (Å²) < 4.78 is 18.8. The van der Waals surface area contributed by atoms with Gasteiger partial charge in [0.15, 0.2) is 0 Å². The minimum Gasteiger partial charge on any atom is -0.340 e. The van der Waals surface area contributed by atoms with Gasteiger partial charge in [-0.3, -0.25) is 4.79 Å². The van der Waals surface area contributed by atoms with Crippen molar-refractivity contribution >= 4 is 17.5 Å². The highest BCUT2D eigenvalue weighted by Gasteiger charge is 2.20. The molecule has 0 unspecified atom stereocenters. The Labute approximate surface area is 142 Å². The molecule has 0 aliphatic carbocycles. The molecule has 1 atom stereocenters. The number of halogens is 2. The van der Waals surface area contributed by atoms with Crippen LogP contribution in [0.1, 0.15) is 29.2 Å². The molecule has 1 amide bonds. The lowest BCUT2D eigenvalue weighted by Gasteiger charge is -2.10. The number of hydrogen-bond donors (Lipinski definition) is 1. The number of carbonyl (C=O) groups excluding carboxylic acids is 1. The van der Waals surface area contributed by atoms with E-state index in [2.05, 4.69) is 15.5 Å². The van der Waals surface area contributed by atoms with Crippen molar-refractivity contribution in [1.29, 1.82) is 0 Å². The van der Waals surface area contributed by atoms with E-state index in [0.29, 0.717) is 16.4 Å². The van der Waals surface area contributed by atoms with Gasteiger partial charge in [0.1, 0.15) is 11.9 Å². The summed E-state index contributed by atoms with van der Waals surface area (Å²) in [6.07, 6.45) is 0. The molecule has 1 heterocycles. The normalized spacial score (nSPS) is 12.0. The molecule has 3 rings (SSSR count). The molecule has 1 N–H and O–H groups in total. The van der Waals surface area contributed by atoms with E-state index in [-0.39, 0.29) is 11.5 Å². The largest absolute Gasteiger partial charge is 0.340 e. The maximum Gasteiger partial charge on any atom is 0.254 e. The number of aromatic nitrogens is 2. The lowest BCUT2D eigenvalue weighted by atomic mass is 10.2. The molecule has 0 aliphatic heterocycles. The van der Waals surface area contributed by atoms with Crippen molar-refractivity contribution in [3.05, 3.63) is 70.8 Å². The summed E-state index contributed by atoms with van der Waals surface area (Å²) in [6.45, 7) is 1.67. The lowest BCUT2D eigenvalue weighted by Crippen LogP contribution is -2.27. The summed E-state index contributed by atoms with van der Waals surface area (Å²) in [5, 5.41) is 6.99. The molecule has 7 heteroatoms. The Morgan fingerprint density at radius 2 is 1.92 bits per heavy atom. The second-order valence-corrected chi connectivity index (χ2v) is 5.52. The number of benzene rings is 2. The Morgan fingerprint density at radius 3 is 2.67 bits per heavy atom. The van der Waals surface area contributed by atoms with Gasteiger partial charge in [-0.05, 0) is 31.2 Å². The fraction of sp³-hybridized carbons (Fsp3) is 0.118. The van der Waals surface area contributed by atoms with Gasteiger partial charge in [-0.15, -0.1) is 0 Å². The van der Waals surface area contributed by atoms with E-state index in [1.165, 1.54) is 18.2 Å². The summed E-state index contributed by atoms with van der Waals surface area (Å²) in [6, 6.07) is 12.2. The predicted octanol–water partition coefficient (Wildman–Crippen LogP) is 4.02. The molecule has 0 fully saturated rings. The van der Waals surface area contributed by atoms with Crippen molar-refractivity contribution in [3.63, 3.8) is 0 Å². The third-order valence-electron chi connectivity index (χ3n) is 3.39. The van der Waals surface area contributed by atoms with Gasteiger partial charge in [-0.2, -0.15) is 4.98 Å². The van der Waals surface area contributed by atoms with Gasteiger partial charge in [-0.1, -0.05) is 41.0 Å². The average molecular weight is 346 g/mol. The topological polar surface area (TPSA) is 68.0 Å². The molecule has 1 aromatic heterocycles. The molecule has 2 aromatic carbocycles. The van der Waals surface area contributed by atoms with E-state index in [4.69, 9.17) is 16.1 Å². The minimum absolute atomic E-state index is 0.0461. The van der Waals surface area contributed by atoms with Crippen molar-refractivity contribution in [1.82, 2.24) is 15.5 Å². The Morgan fingerprint density at radius 1 is 1.21 bits per heavy atom. The Balaban J connectivity index is 1.77. The first-order valence-electron chi connectivity index (χ1n) is 7.20. The van der Waals surface area contributed by atoms with Crippen LogP contribution in [0, 0.1) is 5.82 Å². The molecule has 0 saturated carbocycles. The van der Waals surface area contributed by atoms with Crippen LogP contribution in [-0.4, -0.2) is 16.0 Å². The van der Waals surface area contributed by atoms with E-state index < -0.39 is 17.8 Å². The van der Waals surface area contributed by atoms with E-state index >= 15 is 0 Å². The van der Waals surface area contributed by atoms with E-state index in [0.717, 1.165) is 0 Å². The van der Waals surface area contributed by atoms with Crippen LogP contribution in [0.2, 0.25) is 5.02 Å². The maximum atomic E-state index is 13.6. The second-order valence-electron chi connectivity index (χ2n) is 5.11. The average Bonchev–Trinajstić information content (AvgIpc) is 3.05. The van der Waals surface area contributed by atoms with Gasteiger partial charge in [0.05, 0.1) is 10.6 Å². The fourth-order valence-corrected chi connectivity index (χ4v) is 2.36. The van der Waals surface area contributed by atoms with Crippen LogP contribution in [0.15, 0.2) is 53.1 Å². The first kappa shape index (κ1) is 16.1. The lowest BCUT2D eigenvalue weighted by molar-refractivity contribution is 0.0928. The number of rotatable bonds is 4. The van der Waals surface area contributed by atoms with Crippen LogP contribution < -0.4 is 5.32 Å². The van der Waals surface area contributed by atoms with E-state index in [1.54, 1.807) is 37.3 Å². The molecule has 5 nitrogen and oxygen atoms in total. The molecule has 0 spiro atoms.